The fourth-order valence-corrected chi connectivity index (χ4v) is 5.15. The molecule has 6 nitrogen and oxygen atoms in total. The number of hydrogen-bond donors (Lipinski definition) is 1. The van der Waals surface area contributed by atoms with Crippen molar-refractivity contribution in [1.29, 1.82) is 0 Å². The predicted octanol–water partition coefficient (Wildman–Crippen LogP) is 4.27. The second-order valence-corrected chi connectivity index (χ2v) is 8.94. The molecule has 0 radical (unpaired) electrons. The molecule has 0 bridgehead atoms. The van der Waals surface area contributed by atoms with Crippen LogP contribution < -0.4 is 4.74 Å². The van der Waals surface area contributed by atoms with Crippen LogP contribution in [0.4, 0.5) is 13.2 Å². The number of fused-ring (bicyclic) bond motifs is 1. The van der Waals surface area contributed by atoms with Gasteiger partial charge in [0, 0.05) is 6.54 Å². The van der Waals surface area contributed by atoms with Crippen LogP contribution in [0, 0.1) is 17.5 Å². The maximum Gasteiger partial charge on any atom is 0.326 e. The Morgan fingerprint density at radius 1 is 0.969 bits per heavy atom. The van der Waals surface area contributed by atoms with Crippen LogP contribution in [-0.4, -0.2) is 30.3 Å². The number of nitrogens with zero attached hydrogens (tertiary/aromatic N) is 1. The van der Waals surface area contributed by atoms with Gasteiger partial charge in [-0.1, -0.05) is 24.3 Å². The van der Waals surface area contributed by atoms with Crippen molar-refractivity contribution in [1.82, 2.24) is 4.31 Å². The minimum absolute atomic E-state index is 0.0192. The summed E-state index contributed by atoms with van der Waals surface area (Å²) in [7, 11) is -4.20. The monoisotopic (exact) mass is 463 g/mol. The van der Waals surface area contributed by atoms with E-state index >= 15 is 0 Å². The third-order valence-electron chi connectivity index (χ3n) is 5.13. The summed E-state index contributed by atoms with van der Waals surface area (Å²) in [5, 5.41) is 9.72. The molecule has 0 aliphatic carbocycles. The quantitative estimate of drug-likeness (QED) is 0.572. The van der Waals surface area contributed by atoms with Crippen LogP contribution in [0.3, 0.4) is 0 Å². The second-order valence-electron chi connectivity index (χ2n) is 7.05. The molecular weight excluding hydrogens is 447 g/mol. The zero-order chi connectivity index (χ0) is 23.0. The topological polar surface area (TPSA) is 83.9 Å². The van der Waals surface area contributed by atoms with E-state index in [-0.39, 0.29) is 17.2 Å². The van der Waals surface area contributed by atoms with Crippen molar-refractivity contribution < 1.29 is 36.2 Å². The van der Waals surface area contributed by atoms with Gasteiger partial charge in [-0.2, -0.15) is 8.70 Å². The molecule has 1 heterocycles. The summed E-state index contributed by atoms with van der Waals surface area (Å²) in [6.07, 6.45) is 0.357. The molecule has 0 amide bonds. The minimum atomic E-state index is -4.20. The minimum Gasteiger partial charge on any atom is -0.480 e. The summed E-state index contributed by atoms with van der Waals surface area (Å²) in [5.41, 5.74) is 1.17. The molecule has 0 spiro atoms. The maximum absolute atomic E-state index is 13.8. The first-order valence-electron chi connectivity index (χ1n) is 9.44. The highest BCUT2D eigenvalue weighted by molar-refractivity contribution is 7.89. The molecule has 1 aliphatic heterocycles. The zero-order valence-corrected chi connectivity index (χ0v) is 17.2. The van der Waals surface area contributed by atoms with Crippen molar-refractivity contribution in [3.63, 3.8) is 0 Å². The highest BCUT2D eigenvalue weighted by Crippen LogP contribution is 2.35. The van der Waals surface area contributed by atoms with Gasteiger partial charge in [-0.25, -0.2) is 17.2 Å². The largest absolute Gasteiger partial charge is 0.480 e. The Morgan fingerprint density at radius 3 is 2.34 bits per heavy atom. The first-order chi connectivity index (χ1) is 15.2. The molecule has 4 rings (SSSR count). The lowest BCUT2D eigenvalue weighted by molar-refractivity contribution is -0.142. The molecule has 1 unspecified atom stereocenters. The first kappa shape index (κ1) is 21.8. The van der Waals surface area contributed by atoms with Crippen LogP contribution in [0.2, 0.25) is 0 Å². The number of benzene rings is 3. The highest BCUT2D eigenvalue weighted by Gasteiger charge is 2.40. The summed E-state index contributed by atoms with van der Waals surface area (Å²) in [6.45, 7) is -0.0192. The molecule has 0 saturated heterocycles. The average molecular weight is 463 g/mol. The van der Waals surface area contributed by atoms with Crippen molar-refractivity contribution in [2.45, 2.75) is 17.4 Å². The molecule has 166 valence electrons. The number of hydrogen-bond acceptors (Lipinski definition) is 4. The van der Waals surface area contributed by atoms with Crippen LogP contribution in [-0.2, 0) is 21.2 Å². The Balaban J connectivity index is 1.62. The van der Waals surface area contributed by atoms with Gasteiger partial charge in [0.25, 0.3) is 0 Å². The van der Waals surface area contributed by atoms with Crippen molar-refractivity contribution in [2.24, 2.45) is 0 Å². The van der Waals surface area contributed by atoms with Gasteiger partial charge >= 0.3 is 5.97 Å². The number of carbonyl (C=O) groups is 1. The highest BCUT2D eigenvalue weighted by atomic mass is 32.2. The van der Waals surface area contributed by atoms with Gasteiger partial charge in [-0.3, -0.25) is 4.79 Å². The van der Waals surface area contributed by atoms with E-state index < -0.39 is 45.2 Å². The number of carboxylic acid groups (broad SMARTS) is 1. The fraction of sp³-hybridized carbons (Fsp3) is 0.136. The smallest absolute Gasteiger partial charge is 0.326 e. The number of aliphatic carboxylic acids is 1. The van der Waals surface area contributed by atoms with E-state index in [9.17, 15) is 31.5 Å². The Morgan fingerprint density at radius 2 is 1.66 bits per heavy atom. The maximum atomic E-state index is 13.8. The molecule has 3 aromatic carbocycles. The zero-order valence-electron chi connectivity index (χ0n) is 16.3. The summed E-state index contributed by atoms with van der Waals surface area (Å²) in [6, 6.07) is 11.7. The van der Waals surface area contributed by atoms with E-state index in [4.69, 9.17) is 4.74 Å². The van der Waals surface area contributed by atoms with Crippen LogP contribution >= 0.6 is 0 Å². The normalized spacial score (nSPS) is 16.4. The van der Waals surface area contributed by atoms with E-state index in [0.717, 1.165) is 15.9 Å². The lowest BCUT2D eigenvalue weighted by Crippen LogP contribution is -2.43. The van der Waals surface area contributed by atoms with Crippen LogP contribution in [0.1, 0.15) is 17.2 Å². The van der Waals surface area contributed by atoms with Gasteiger partial charge in [-0.05, 0) is 53.9 Å². The van der Waals surface area contributed by atoms with Gasteiger partial charge in [0.1, 0.15) is 11.8 Å². The third-order valence-corrected chi connectivity index (χ3v) is 7.01. The standard InChI is InChI=1S/C22H16F3NO5S/c23-17-9-10-18(20(25)19(17)24)31-14-5-7-15(8-6-14)32(29,30)26-12-11-13-3-1-2-4-16(13)21(26)22(27)28/h1-10,21H,11-12H2,(H,27,28). The Kier molecular flexibility index (Phi) is 5.66. The Bertz CT molecular complexity index is 1300. The van der Waals surface area contributed by atoms with E-state index in [0.29, 0.717) is 18.1 Å². The van der Waals surface area contributed by atoms with Crippen LogP contribution in [0.25, 0.3) is 0 Å². The molecule has 32 heavy (non-hydrogen) atoms. The van der Waals surface area contributed by atoms with Crippen molar-refractivity contribution in [3.8, 4) is 11.5 Å². The number of sulfonamides is 1. The molecule has 3 aromatic rings. The Hall–Kier alpha value is -3.37. The SMILES string of the molecule is O=C(O)C1c2ccccc2CCN1S(=O)(=O)c1ccc(Oc2ccc(F)c(F)c2F)cc1. The lowest BCUT2D eigenvalue weighted by atomic mass is 9.94. The average Bonchev–Trinajstić information content (AvgIpc) is 2.79. The lowest BCUT2D eigenvalue weighted by Gasteiger charge is -2.33. The van der Waals surface area contributed by atoms with Gasteiger partial charge in [0.2, 0.25) is 15.8 Å². The second kappa shape index (κ2) is 8.29. The van der Waals surface area contributed by atoms with Crippen molar-refractivity contribution >= 4 is 16.0 Å². The van der Waals surface area contributed by atoms with Gasteiger partial charge < -0.3 is 9.84 Å². The molecular formula is C22H16F3NO5S. The van der Waals surface area contributed by atoms with Gasteiger partial charge in [0.15, 0.2) is 17.4 Å². The summed E-state index contributed by atoms with van der Waals surface area (Å²) < 4.78 is 72.7. The third kappa shape index (κ3) is 3.82. The number of ether oxygens (including phenoxy) is 1. The summed E-state index contributed by atoms with van der Waals surface area (Å²) >= 11 is 0. The molecule has 1 aliphatic rings. The van der Waals surface area contributed by atoms with E-state index in [1.165, 1.54) is 24.3 Å². The Labute approximate surface area is 181 Å². The fourth-order valence-electron chi connectivity index (χ4n) is 3.59. The molecule has 10 heteroatoms. The molecule has 1 N–H and O–H groups in total. The first-order valence-corrected chi connectivity index (χ1v) is 10.9. The summed E-state index contributed by atoms with van der Waals surface area (Å²) in [4.78, 5) is 11.7. The van der Waals surface area contributed by atoms with Crippen LogP contribution in [0.15, 0.2) is 65.6 Å². The van der Waals surface area contributed by atoms with Crippen molar-refractivity contribution in [2.75, 3.05) is 6.54 Å². The molecule has 0 fully saturated rings. The summed E-state index contributed by atoms with van der Waals surface area (Å²) in [5.74, 6) is -6.46. The van der Waals surface area contributed by atoms with Gasteiger partial charge in [-0.15, -0.1) is 0 Å². The predicted molar refractivity (Wildman–Crippen MR) is 107 cm³/mol. The molecule has 0 saturated carbocycles. The number of rotatable bonds is 5. The molecule has 1 atom stereocenters. The van der Waals surface area contributed by atoms with Crippen molar-refractivity contribution in [3.05, 3.63) is 89.2 Å². The van der Waals surface area contributed by atoms with Gasteiger partial charge in [0.05, 0.1) is 4.90 Å². The molecule has 0 aromatic heterocycles. The van der Waals surface area contributed by atoms with E-state index in [2.05, 4.69) is 0 Å². The van der Waals surface area contributed by atoms with E-state index in [1.54, 1.807) is 24.3 Å². The van der Waals surface area contributed by atoms with E-state index in [1.807, 2.05) is 0 Å². The number of halogens is 3. The number of carboxylic acids is 1. The van der Waals surface area contributed by atoms with Crippen LogP contribution in [0.5, 0.6) is 11.5 Å².